The van der Waals surface area contributed by atoms with Crippen molar-refractivity contribution in [3.63, 3.8) is 0 Å². The summed E-state index contributed by atoms with van der Waals surface area (Å²) in [5.74, 6) is 0.836. The first kappa shape index (κ1) is 5.35. The van der Waals surface area contributed by atoms with Gasteiger partial charge in [0.2, 0.25) is 0 Å². The maximum Gasteiger partial charge on any atom is 0.140 e. The van der Waals surface area contributed by atoms with Gasteiger partial charge < -0.3 is 4.52 Å². The number of hydrogen-bond acceptors (Lipinski definition) is 2. The molecule has 1 rings (SSSR count). The molecule has 0 atom stereocenters. The zero-order chi connectivity index (χ0) is 5.98. The second-order valence-electron chi connectivity index (χ2n) is 1.66. The van der Waals surface area contributed by atoms with E-state index in [1.54, 1.807) is 0 Å². The summed E-state index contributed by atoms with van der Waals surface area (Å²) in [6, 6.07) is 1.89. The highest BCUT2D eigenvalue weighted by atomic mass is 16.5. The summed E-state index contributed by atoms with van der Waals surface area (Å²) in [5, 5.41) is 3.68. The molecular weight excluding hydrogens is 102 g/mol. The lowest BCUT2D eigenvalue weighted by Gasteiger charge is -1.75. The molecule has 0 aliphatic carbocycles. The third-order valence-electron chi connectivity index (χ3n) is 0.931. The Balaban J connectivity index is 2.84. The van der Waals surface area contributed by atoms with Gasteiger partial charge in [-0.05, 0) is 6.92 Å². The fourth-order valence-corrected chi connectivity index (χ4v) is 0.519. The fraction of sp³-hybridized carbons (Fsp3) is 0.333. The maximum absolute atomic E-state index is 4.81. The molecule has 0 spiro atoms. The van der Waals surface area contributed by atoms with Crippen LogP contribution in [-0.4, -0.2) is 5.16 Å². The molecule has 8 heavy (non-hydrogen) atoms. The molecule has 1 heterocycles. The van der Waals surface area contributed by atoms with E-state index in [4.69, 9.17) is 4.52 Å². The summed E-state index contributed by atoms with van der Waals surface area (Å²) in [6.07, 6.45) is 1.88. The van der Waals surface area contributed by atoms with Crippen LogP contribution >= 0.6 is 0 Å². The molecule has 2 nitrogen and oxygen atoms in total. The van der Waals surface area contributed by atoms with Gasteiger partial charge in [0.25, 0.3) is 0 Å². The standard InChI is InChI=1S/C6H8NO/c1-3-6-4-5(2)7-8-6/h3-4H,1-2H3. The van der Waals surface area contributed by atoms with E-state index in [1.807, 2.05) is 26.3 Å². The summed E-state index contributed by atoms with van der Waals surface area (Å²) in [4.78, 5) is 0. The Morgan fingerprint density at radius 2 is 2.50 bits per heavy atom. The van der Waals surface area contributed by atoms with E-state index in [1.165, 1.54) is 0 Å². The lowest BCUT2D eigenvalue weighted by molar-refractivity contribution is 0.397. The van der Waals surface area contributed by atoms with Crippen LogP contribution in [0.3, 0.4) is 0 Å². The van der Waals surface area contributed by atoms with Gasteiger partial charge in [0.05, 0.1) is 5.69 Å². The largest absolute Gasteiger partial charge is 0.361 e. The summed E-state index contributed by atoms with van der Waals surface area (Å²) in [7, 11) is 0. The minimum atomic E-state index is 0.836. The molecule has 0 saturated heterocycles. The van der Waals surface area contributed by atoms with E-state index in [0.29, 0.717) is 0 Å². The van der Waals surface area contributed by atoms with Gasteiger partial charge in [-0.1, -0.05) is 12.1 Å². The fourth-order valence-electron chi connectivity index (χ4n) is 0.519. The molecule has 0 amide bonds. The van der Waals surface area contributed by atoms with Crippen LogP contribution in [0.2, 0.25) is 0 Å². The van der Waals surface area contributed by atoms with E-state index in [2.05, 4.69) is 5.16 Å². The van der Waals surface area contributed by atoms with Crippen molar-refractivity contribution in [1.29, 1.82) is 0 Å². The zero-order valence-corrected chi connectivity index (χ0v) is 5.01. The van der Waals surface area contributed by atoms with Crippen LogP contribution in [0.5, 0.6) is 0 Å². The molecule has 0 N–H and O–H groups in total. The van der Waals surface area contributed by atoms with Crippen molar-refractivity contribution >= 4 is 0 Å². The molecule has 1 aromatic heterocycles. The van der Waals surface area contributed by atoms with Gasteiger partial charge in [-0.3, -0.25) is 0 Å². The van der Waals surface area contributed by atoms with Crippen molar-refractivity contribution in [3.05, 3.63) is 23.9 Å². The Bertz CT molecular complexity index is 169. The Hall–Kier alpha value is -0.790. The Labute approximate surface area is 48.5 Å². The molecule has 0 bridgehead atoms. The number of aromatic nitrogens is 1. The lowest BCUT2D eigenvalue weighted by atomic mass is 10.3. The van der Waals surface area contributed by atoms with E-state index in [0.717, 1.165) is 11.5 Å². The van der Waals surface area contributed by atoms with E-state index >= 15 is 0 Å². The van der Waals surface area contributed by atoms with Crippen molar-refractivity contribution < 1.29 is 4.52 Å². The number of hydrogen-bond donors (Lipinski definition) is 0. The Morgan fingerprint density at radius 1 is 1.75 bits per heavy atom. The van der Waals surface area contributed by atoms with E-state index < -0.39 is 0 Å². The van der Waals surface area contributed by atoms with Crippen LogP contribution in [0, 0.1) is 13.3 Å². The molecule has 43 valence electrons. The van der Waals surface area contributed by atoms with Gasteiger partial charge in [-0.25, -0.2) is 0 Å². The van der Waals surface area contributed by atoms with E-state index in [-0.39, 0.29) is 0 Å². The molecule has 1 aromatic rings. The summed E-state index contributed by atoms with van der Waals surface area (Å²) in [5.41, 5.74) is 0.929. The van der Waals surface area contributed by atoms with Gasteiger partial charge >= 0.3 is 0 Å². The maximum atomic E-state index is 4.81. The second kappa shape index (κ2) is 1.99. The quantitative estimate of drug-likeness (QED) is 0.548. The normalized spacial score (nSPS) is 9.75. The summed E-state index contributed by atoms with van der Waals surface area (Å²) in [6.45, 7) is 3.82. The SMILES string of the molecule is C[CH]c1cc(C)no1. The molecule has 0 aliphatic rings. The average molecular weight is 110 g/mol. The highest BCUT2D eigenvalue weighted by Gasteiger charge is 1.93. The third kappa shape index (κ3) is 0.886. The topological polar surface area (TPSA) is 26.0 Å². The molecule has 0 fully saturated rings. The molecule has 2 heteroatoms. The molecule has 0 aromatic carbocycles. The Kier molecular flexibility index (Phi) is 1.33. The first-order valence-electron chi connectivity index (χ1n) is 2.55. The van der Waals surface area contributed by atoms with Crippen LogP contribution in [0.15, 0.2) is 10.6 Å². The van der Waals surface area contributed by atoms with Crippen molar-refractivity contribution in [1.82, 2.24) is 5.16 Å². The van der Waals surface area contributed by atoms with Crippen LogP contribution in [0.1, 0.15) is 18.4 Å². The van der Waals surface area contributed by atoms with E-state index in [9.17, 15) is 0 Å². The average Bonchev–Trinajstić information content (AvgIpc) is 2.14. The number of rotatable bonds is 1. The van der Waals surface area contributed by atoms with Gasteiger partial charge in [0, 0.05) is 12.5 Å². The molecular formula is C6H8NO. The highest BCUT2D eigenvalue weighted by Crippen LogP contribution is 2.02. The van der Waals surface area contributed by atoms with Crippen molar-refractivity contribution in [2.24, 2.45) is 0 Å². The summed E-state index contributed by atoms with van der Waals surface area (Å²) < 4.78 is 4.81. The first-order chi connectivity index (χ1) is 3.83. The minimum absolute atomic E-state index is 0.836. The Morgan fingerprint density at radius 3 is 2.75 bits per heavy atom. The van der Waals surface area contributed by atoms with Crippen molar-refractivity contribution in [3.8, 4) is 0 Å². The molecule has 1 radical (unpaired) electrons. The second-order valence-corrected chi connectivity index (χ2v) is 1.66. The number of nitrogens with zero attached hydrogens (tertiary/aromatic N) is 1. The monoisotopic (exact) mass is 110 g/mol. The number of aryl methyl sites for hydroxylation is 1. The minimum Gasteiger partial charge on any atom is -0.361 e. The van der Waals surface area contributed by atoms with Gasteiger partial charge in [0.1, 0.15) is 5.76 Å². The highest BCUT2D eigenvalue weighted by molar-refractivity contribution is 5.09. The lowest BCUT2D eigenvalue weighted by Crippen LogP contribution is -1.64. The third-order valence-corrected chi connectivity index (χ3v) is 0.931. The smallest absolute Gasteiger partial charge is 0.140 e. The van der Waals surface area contributed by atoms with Crippen molar-refractivity contribution in [2.45, 2.75) is 13.8 Å². The predicted octanol–water partition coefficient (Wildman–Crippen LogP) is 1.56. The van der Waals surface area contributed by atoms with Gasteiger partial charge in [-0.15, -0.1) is 0 Å². The van der Waals surface area contributed by atoms with Crippen molar-refractivity contribution in [2.75, 3.05) is 0 Å². The zero-order valence-electron chi connectivity index (χ0n) is 5.01. The van der Waals surface area contributed by atoms with Crippen LogP contribution in [0.4, 0.5) is 0 Å². The first-order valence-corrected chi connectivity index (χ1v) is 2.55. The molecule has 0 unspecified atom stereocenters. The van der Waals surface area contributed by atoms with Crippen LogP contribution in [-0.2, 0) is 0 Å². The van der Waals surface area contributed by atoms with Gasteiger partial charge in [0.15, 0.2) is 0 Å². The van der Waals surface area contributed by atoms with Crippen LogP contribution < -0.4 is 0 Å². The van der Waals surface area contributed by atoms with Crippen LogP contribution in [0.25, 0.3) is 0 Å². The predicted molar refractivity (Wildman–Crippen MR) is 30.3 cm³/mol. The van der Waals surface area contributed by atoms with Gasteiger partial charge in [-0.2, -0.15) is 0 Å². The molecule has 0 aliphatic heterocycles. The summed E-state index contributed by atoms with van der Waals surface area (Å²) >= 11 is 0. The molecule has 0 saturated carbocycles.